The van der Waals surface area contributed by atoms with E-state index < -0.39 is 6.10 Å². The molecule has 2 N–H and O–H groups in total. The molecule has 2 saturated heterocycles. The first kappa shape index (κ1) is 16.2. The summed E-state index contributed by atoms with van der Waals surface area (Å²) in [4.78, 5) is 2.51. The van der Waals surface area contributed by atoms with Gasteiger partial charge in [0.2, 0.25) is 0 Å². The van der Waals surface area contributed by atoms with E-state index in [1.807, 2.05) is 0 Å². The maximum atomic E-state index is 9.86. The van der Waals surface area contributed by atoms with Gasteiger partial charge in [0, 0.05) is 25.7 Å². The molecule has 0 aromatic rings. The normalized spacial score (nSPS) is 27.0. The molecule has 2 fully saturated rings. The lowest BCUT2D eigenvalue weighted by Gasteiger charge is -2.24. The molecule has 0 spiro atoms. The minimum Gasteiger partial charge on any atom is -0.389 e. The van der Waals surface area contributed by atoms with Crippen molar-refractivity contribution in [3.8, 4) is 0 Å². The van der Waals surface area contributed by atoms with Crippen LogP contribution >= 0.6 is 0 Å². The Labute approximate surface area is 122 Å². The van der Waals surface area contributed by atoms with Crippen LogP contribution in [-0.4, -0.2) is 74.3 Å². The molecule has 2 heterocycles. The third-order valence-electron chi connectivity index (χ3n) is 4.22. The van der Waals surface area contributed by atoms with Crippen molar-refractivity contribution in [2.75, 3.05) is 46.0 Å². The van der Waals surface area contributed by atoms with E-state index in [0.29, 0.717) is 25.8 Å². The first-order chi connectivity index (χ1) is 9.75. The van der Waals surface area contributed by atoms with E-state index >= 15 is 0 Å². The minimum absolute atomic E-state index is 0.241. The quantitative estimate of drug-likeness (QED) is 0.651. The van der Waals surface area contributed by atoms with Crippen molar-refractivity contribution in [2.24, 2.45) is 0 Å². The maximum Gasteiger partial charge on any atom is 0.0897 e. The molecule has 0 bridgehead atoms. The Hall–Kier alpha value is -0.200. The summed E-state index contributed by atoms with van der Waals surface area (Å²) >= 11 is 0. The summed E-state index contributed by atoms with van der Waals surface area (Å²) in [6.45, 7) is 8.08. The summed E-state index contributed by atoms with van der Waals surface area (Å²) in [5, 5.41) is 13.2. The first-order valence-electron chi connectivity index (χ1n) is 8.08. The van der Waals surface area contributed by atoms with Crippen molar-refractivity contribution in [1.29, 1.82) is 0 Å². The molecule has 0 aliphatic carbocycles. The van der Waals surface area contributed by atoms with Crippen molar-refractivity contribution in [2.45, 2.75) is 50.9 Å². The minimum atomic E-state index is -0.429. The standard InChI is InChI=1S/C15H30N2O3/c1-13(17-6-2-3-7-17)9-16-10-14(18)11-19-12-15-5-4-8-20-15/h13-16,18H,2-12H2,1H3. The zero-order chi connectivity index (χ0) is 14.2. The van der Waals surface area contributed by atoms with E-state index in [1.54, 1.807) is 0 Å². The van der Waals surface area contributed by atoms with Gasteiger partial charge >= 0.3 is 0 Å². The number of ether oxygens (including phenoxy) is 2. The zero-order valence-corrected chi connectivity index (χ0v) is 12.7. The summed E-state index contributed by atoms with van der Waals surface area (Å²) in [5.74, 6) is 0. The Morgan fingerprint density at radius 2 is 2.10 bits per heavy atom. The van der Waals surface area contributed by atoms with Crippen LogP contribution < -0.4 is 5.32 Å². The Kier molecular flexibility index (Phi) is 7.24. The van der Waals surface area contributed by atoms with Gasteiger partial charge in [0.1, 0.15) is 0 Å². The van der Waals surface area contributed by atoms with Gasteiger partial charge < -0.3 is 19.9 Å². The Morgan fingerprint density at radius 1 is 1.30 bits per heavy atom. The lowest BCUT2D eigenvalue weighted by atomic mass is 10.2. The average molecular weight is 286 g/mol. The maximum absolute atomic E-state index is 9.86. The van der Waals surface area contributed by atoms with Crippen LogP contribution in [0.15, 0.2) is 0 Å². The molecule has 0 aromatic carbocycles. The van der Waals surface area contributed by atoms with Crippen LogP contribution in [0.2, 0.25) is 0 Å². The summed E-state index contributed by atoms with van der Waals surface area (Å²) < 4.78 is 11.0. The zero-order valence-electron chi connectivity index (χ0n) is 12.7. The van der Waals surface area contributed by atoms with E-state index in [0.717, 1.165) is 26.0 Å². The van der Waals surface area contributed by atoms with Gasteiger partial charge in [-0.1, -0.05) is 0 Å². The van der Waals surface area contributed by atoms with Crippen molar-refractivity contribution in [3.05, 3.63) is 0 Å². The van der Waals surface area contributed by atoms with Crippen LogP contribution in [0, 0.1) is 0 Å². The lowest BCUT2D eigenvalue weighted by Crippen LogP contribution is -2.41. The molecule has 2 rings (SSSR count). The molecule has 0 amide bonds. The van der Waals surface area contributed by atoms with Crippen LogP contribution in [0.1, 0.15) is 32.6 Å². The SMILES string of the molecule is CC(CNCC(O)COCC1CCCO1)N1CCCC1. The summed E-state index contributed by atoms with van der Waals surface area (Å²) in [6.07, 6.45) is 4.68. The number of likely N-dealkylation sites (tertiary alicyclic amines) is 1. The van der Waals surface area contributed by atoms with Crippen LogP contribution in [-0.2, 0) is 9.47 Å². The van der Waals surface area contributed by atoms with Gasteiger partial charge in [-0.05, 0) is 45.7 Å². The second kappa shape index (κ2) is 8.95. The van der Waals surface area contributed by atoms with Crippen molar-refractivity contribution >= 4 is 0 Å². The smallest absolute Gasteiger partial charge is 0.0897 e. The van der Waals surface area contributed by atoms with Crippen LogP contribution in [0.3, 0.4) is 0 Å². The molecular formula is C15H30N2O3. The fraction of sp³-hybridized carbons (Fsp3) is 1.00. The molecule has 5 nitrogen and oxygen atoms in total. The predicted octanol–water partition coefficient (Wildman–Crippen LogP) is 0.617. The number of rotatable bonds is 9. The molecule has 2 aliphatic heterocycles. The van der Waals surface area contributed by atoms with Crippen molar-refractivity contribution < 1.29 is 14.6 Å². The van der Waals surface area contributed by atoms with Crippen molar-refractivity contribution in [3.63, 3.8) is 0 Å². The van der Waals surface area contributed by atoms with Gasteiger partial charge in [0.15, 0.2) is 0 Å². The number of aliphatic hydroxyl groups is 1. The molecule has 3 atom stereocenters. The highest BCUT2D eigenvalue weighted by atomic mass is 16.5. The molecule has 0 aromatic heterocycles. The molecule has 20 heavy (non-hydrogen) atoms. The lowest BCUT2D eigenvalue weighted by molar-refractivity contribution is -0.0166. The van der Waals surface area contributed by atoms with E-state index in [9.17, 15) is 5.11 Å². The first-order valence-corrected chi connectivity index (χ1v) is 8.08. The number of aliphatic hydroxyl groups excluding tert-OH is 1. The van der Waals surface area contributed by atoms with E-state index in [1.165, 1.54) is 25.9 Å². The van der Waals surface area contributed by atoms with Gasteiger partial charge in [-0.15, -0.1) is 0 Å². The van der Waals surface area contributed by atoms with Crippen LogP contribution in [0.4, 0.5) is 0 Å². The Bertz CT molecular complexity index is 254. The molecule has 5 heteroatoms. The molecular weight excluding hydrogens is 256 g/mol. The van der Waals surface area contributed by atoms with E-state index in [-0.39, 0.29) is 6.10 Å². The highest BCUT2D eigenvalue weighted by Gasteiger charge is 2.18. The summed E-state index contributed by atoms with van der Waals surface area (Å²) in [5.41, 5.74) is 0. The van der Waals surface area contributed by atoms with E-state index in [2.05, 4.69) is 17.1 Å². The average Bonchev–Trinajstić information content (AvgIpc) is 3.12. The Balaban J connectivity index is 1.45. The molecule has 118 valence electrons. The monoisotopic (exact) mass is 286 g/mol. The highest BCUT2D eigenvalue weighted by molar-refractivity contribution is 4.75. The van der Waals surface area contributed by atoms with Crippen molar-refractivity contribution in [1.82, 2.24) is 10.2 Å². The predicted molar refractivity (Wildman–Crippen MR) is 78.9 cm³/mol. The number of nitrogens with one attached hydrogen (secondary N) is 1. The fourth-order valence-corrected chi connectivity index (χ4v) is 2.94. The summed E-state index contributed by atoms with van der Waals surface area (Å²) in [7, 11) is 0. The molecule has 2 aliphatic rings. The second-order valence-corrected chi connectivity index (χ2v) is 6.08. The molecule has 0 radical (unpaired) electrons. The fourth-order valence-electron chi connectivity index (χ4n) is 2.94. The van der Waals surface area contributed by atoms with Crippen LogP contribution in [0.5, 0.6) is 0 Å². The third-order valence-corrected chi connectivity index (χ3v) is 4.22. The topological polar surface area (TPSA) is 54.0 Å². The second-order valence-electron chi connectivity index (χ2n) is 6.08. The number of hydrogen-bond acceptors (Lipinski definition) is 5. The molecule has 3 unspecified atom stereocenters. The highest BCUT2D eigenvalue weighted by Crippen LogP contribution is 2.12. The van der Waals surface area contributed by atoms with Gasteiger partial charge in [-0.25, -0.2) is 0 Å². The van der Waals surface area contributed by atoms with Gasteiger partial charge in [0.25, 0.3) is 0 Å². The van der Waals surface area contributed by atoms with Gasteiger partial charge in [0.05, 0.1) is 25.4 Å². The molecule has 0 saturated carbocycles. The van der Waals surface area contributed by atoms with Gasteiger partial charge in [-0.3, -0.25) is 4.90 Å². The Morgan fingerprint density at radius 3 is 2.80 bits per heavy atom. The third kappa shape index (κ3) is 5.66. The van der Waals surface area contributed by atoms with E-state index in [4.69, 9.17) is 9.47 Å². The van der Waals surface area contributed by atoms with Crippen LogP contribution in [0.25, 0.3) is 0 Å². The number of hydrogen-bond donors (Lipinski definition) is 2. The number of nitrogens with zero attached hydrogens (tertiary/aromatic N) is 1. The largest absolute Gasteiger partial charge is 0.389 e. The summed E-state index contributed by atoms with van der Waals surface area (Å²) in [6, 6.07) is 0.553. The van der Waals surface area contributed by atoms with Gasteiger partial charge in [-0.2, -0.15) is 0 Å².